The molecule has 30 heavy (non-hydrogen) atoms. The van der Waals surface area contributed by atoms with E-state index in [1.807, 2.05) is 24.3 Å². The largest absolute Gasteiger partial charge is 0.493 e. The fourth-order valence-corrected chi connectivity index (χ4v) is 5.09. The van der Waals surface area contributed by atoms with Gasteiger partial charge in [0.25, 0.3) is 5.91 Å². The summed E-state index contributed by atoms with van der Waals surface area (Å²) in [6.07, 6.45) is 8.84. The maximum Gasteiger partial charge on any atom is 0.266 e. The molecule has 2 heterocycles. The van der Waals surface area contributed by atoms with Crippen molar-refractivity contribution in [1.82, 2.24) is 9.78 Å². The summed E-state index contributed by atoms with van der Waals surface area (Å²) in [7, 11) is 3.24. The van der Waals surface area contributed by atoms with Gasteiger partial charge in [-0.05, 0) is 43.4 Å². The Kier molecular flexibility index (Phi) is 6.38. The normalized spacial score (nSPS) is 13.8. The number of aryl methyl sites for hydroxylation is 2. The molecule has 0 spiro atoms. The molecule has 6 nitrogen and oxygen atoms in total. The van der Waals surface area contributed by atoms with Crippen molar-refractivity contribution in [2.45, 2.75) is 45.1 Å². The number of benzene rings is 1. The number of fused-ring (bicyclic) bond motifs is 1. The number of ether oxygens (including phenoxy) is 2. The lowest BCUT2D eigenvalue weighted by molar-refractivity contribution is 0.102. The van der Waals surface area contributed by atoms with Gasteiger partial charge in [-0.3, -0.25) is 4.79 Å². The van der Waals surface area contributed by atoms with Crippen LogP contribution in [-0.2, 0) is 19.4 Å². The molecule has 0 unspecified atom stereocenters. The Hall–Kier alpha value is -2.80. The summed E-state index contributed by atoms with van der Waals surface area (Å²) in [4.78, 5) is 15.1. The predicted molar refractivity (Wildman–Crippen MR) is 119 cm³/mol. The van der Waals surface area contributed by atoms with Gasteiger partial charge in [0, 0.05) is 16.5 Å². The number of nitrogens with one attached hydrogen (secondary N) is 1. The van der Waals surface area contributed by atoms with E-state index in [4.69, 9.17) is 9.47 Å². The van der Waals surface area contributed by atoms with Crippen molar-refractivity contribution < 1.29 is 14.3 Å². The van der Waals surface area contributed by atoms with Gasteiger partial charge in [0.05, 0.1) is 31.8 Å². The lowest BCUT2D eigenvalue weighted by Gasteiger charge is -2.14. The number of nitrogens with zero attached hydrogens (tertiary/aromatic N) is 2. The number of methoxy groups -OCH3 is 2. The minimum absolute atomic E-state index is 0.0777. The molecule has 7 heteroatoms. The van der Waals surface area contributed by atoms with E-state index < -0.39 is 0 Å². The molecule has 0 atom stereocenters. The van der Waals surface area contributed by atoms with Crippen molar-refractivity contribution in [2.24, 2.45) is 0 Å². The Labute approximate surface area is 180 Å². The Morgan fingerprint density at radius 2 is 1.97 bits per heavy atom. The number of rotatable bonds is 6. The third-order valence-corrected chi connectivity index (χ3v) is 6.72. The second-order valence-electron chi connectivity index (χ2n) is 7.45. The summed E-state index contributed by atoms with van der Waals surface area (Å²) in [5.41, 5.74) is 2.27. The number of carbonyl (C=O) groups is 1. The number of amides is 1. The smallest absolute Gasteiger partial charge is 0.266 e. The third kappa shape index (κ3) is 4.36. The molecule has 2 aromatic heterocycles. The van der Waals surface area contributed by atoms with Crippen molar-refractivity contribution in [3.8, 4) is 11.5 Å². The monoisotopic (exact) mass is 425 g/mol. The first-order chi connectivity index (χ1) is 14.7. The number of thiophene rings is 1. The van der Waals surface area contributed by atoms with Crippen LogP contribution in [0.25, 0.3) is 0 Å². The minimum Gasteiger partial charge on any atom is -0.493 e. The average molecular weight is 426 g/mol. The molecule has 4 rings (SSSR count). The van der Waals surface area contributed by atoms with Crippen LogP contribution in [0.2, 0.25) is 0 Å². The van der Waals surface area contributed by atoms with Crippen LogP contribution in [-0.4, -0.2) is 29.9 Å². The van der Waals surface area contributed by atoms with Crippen LogP contribution in [0.15, 0.2) is 36.5 Å². The highest BCUT2D eigenvalue weighted by Crippen LogP contribution is 2.32. The van der Waals surface area contributed by atoms with Crippen molar-refractivity contribution in [1.29, 1.82) is 0 Å². The summed E-state index contributed by atoms with van der Waals surface area (Å²) >= 11 is 1.63. The summed E-state index contributed by atoms with van der Waals surface area (Å²) in [5.74, 6) is 1.92. The molecule has 1 aromatic carbocycles. The maximum absolute atomic E-state index is 12.9. The molecule has 0 bridgehead atoms. The van der Waals surface area contributed by atoms with Crippen LogP contribution in [0, 0.1) is 0 Å². The molecule has 0 saturated carbocycles. The second-order valence-corrected chi connectivity index (χ2v) is 8.59. The summed E-state index contributed by atoms with van der Waals surface area (Å²) in [5, 5.41) is 7.42. The number of para-hydroxylation sites is 1. The molecule has 1 aliphatic carbocycles. The summed E-state index contributed by atoms with van der Waals surface area (Å²) < 4.78 is 12.7. The van der Waals surface area contributed by atoms with Crippen LogP contribution >= 0.6 is 11.3 Å². The molecule has 1 N–H and O–H groups in total. The molecular formula is C23H27N3O3S. The standard InChI is InChI=1S/C23H27N3O3S/c1-28-18-10-7-9-17(22(18)29-2)15-26-21(12-13-24-26)25-23(27)20-14-16-8-5-3-4-6-11-19(16)30-20/h7,9-10,12-14H,3-6,8,11,15H2,1-2H3,(H,25,27). The first kappa shape index (κ1) is 20.5. The van der Waals surface area contributed by atoms with Gasteiger partial charge in [-0.1, -0.05) is 25.0 Å². The second kappa shape index (κ2) is 9.34. The van der Waals surface area contributed by atoms with Gasteiger partial charge in [0.1, 0.15) is 5.82 Å². The van der Waals surface area contributed by atoms with E-state index in [0.717, 1.165) is 23.3 Å². The first-order valence-electron chi connectivity index (χ1n) is 10.3. The van der Waals surface area contributed by atoms with Gasteiger partial charge in [0.15, 0.2) is 11.5 Å². The van der Waals surface area contributed by atoms with Crippen molar-refractivity contribution >= 4 is 23.1 Å². The summed E-state index contributed by atoms with van der Waals surface area (Å²) in [6.45, 7) is 0.462. The SMILES string of the molecule is COc1cccc(Cn2nccc2NC(=O)c2cc3c(s2)CCCCCC3)c1OC. The van der Waals surface area contributed by atoms with Crippen LogP contribution in [0.3, 0.4) is 0 Å². The third-order valence-electron chi connectivity index (χ3n) is 5.48. The van der Waals surface area contributed by atoms with Gasteiger partial charge in [-0.15, -0.1) is 11.3 Å². The lowest BCUT2D eigenvalue weighted by atomic mass is 10.00. The van der Waals surface area contributed by atoms with Gasteiger partial charge in [-0.25, -0.2) is 4.68 Å². The molecule has 0 fully saturated rings. The fourth-order valence-electron chi connectivity index (χ4n) is 3.94. The van der Waals surface area contributed by atoms with Gasteiger partial charge in [-0.2, -0.15) is 5.10 Å². The van der Waals surface area contributed by atoms with E-state index in [1.54, 1.807) is 36.4 Å². The van der Waals surface area contributed by atoms with Crippen molar-refractivity contribution in [3.05, 3.63) is 57.4 Å². The average Bonchev–Trinajstić information content (AvgIpc) is 3.34. The Morgan fingerprint density at radius 1 is 1.13 bits per heavy atom. The zero-order valence-corrected chi connectivity index (χ0v) is 18.3. The van der Waals surface area contributed by atoms with Crippen LogP contribution in [0.4, 0.5) is 5.82 Å². The van der Waals surface area contributed by atoms with E-state index >= 15 is 0 Å². The molecule has 1 aliphatic rings. The number of aromatic nitrogens is 2. The molecule has 158 valence electrons. The van der Waals surface area contributed by atoms with E-state index in [0.29, 0.717) is 23.9 Å². The minimum atomic E-state index is -0.0777. The number of hydrogen-bond donors (Lipinski definition) is 1. The van der Waals surface area contributed by atoms with E-state index in [9.17, 15) is 4.79 Å². The Bertz CT molecular complexity index is 999. The van der Waals surface area contributed by atoms with Crippen LogP contribution in [0.5, 0.6) is 11.5 Å². The quantitative estimate of drug-likeness (QED) is 0.609. The summed E-state index contributed by atoms with van der Waals surface area (Å²) in [6, 6.07) is 9.63. The number of carbonyl (C=O) groups excluding carboxylic acids is 1. The topological polar surface area (TPSA) is 65.4 Å². The van der Waals surface area contributed by atoms with E-state index in [1.165, 1.54) is 36.1 Å². The maximum atomic E-state index is 12.9. The van der Waals surface area contributed by atoms with E-state index in [-0.39, 0.29) is 5.91 Å². The highest BCUT2D eigenvalue weighted by molar-refractivity contribution is 7.14. The molecule has 0 radical (unpaired) electrons. The zero-order valence-electron chi connectivity index (χ0n) is 17.4. The molecule has 0 aliphatic heterocycles. The van der Waals surface area contributed by atoms with Crippen molar-refractivity contribution in [3.63, 3.8) is 0 Å². The first-order valence-corrected chi connectivity index (χ1v) is 11.2. The van der Waals surface area contributed by atoms with Crippen molar-refractivity contribution in [2.75, 3.05) is 19.5 Å². The molecule has 0 saturated heterocycles. The molecule has 1 amide bonds. The highest BCUT2D eigenvalue weighted by Gasteiger charge is 2.18. The predicted octanol–water partition coefficient (Wildman–Crippen LogP) is 4.92. The lowest BCUT2D eigenvalue weighted by Crippen LogP contribution is -2.15. The van der Waals surface area contributed by atoms with Crippen LogP contribution < -0.4 is 14.8 Å². The Balaban J connectivity index is 1.52. The van der Waals surface area contributed by atoms with Gasteiger partial charge < -0.3 is 14.8 Å². The molecule has 3 aromatic rings. The number of hydrogen-bond acceptors (Lipinski definition) is 5. The van der Waals surface area contributed by atoms with E-state index in [2.05, 4.69) is 16.5 Å². The zero-order chi connectivity index (χ0) is 20.9. The Morgan fingerprint density at radius 3 is 2.77 bits per heavy atom. The molecular weight excluding hydrogens is 398 g/mol. The number of anilines is 1. The van der Waals surface area contributed by atoms with Gasteiger partial charge >= 0.3 is 0 Å². The van der Waals surface area contributed by atoms with Gasteiger partial charge in [0.2, 0.25) is 0 Å². The fraction of sp³-hybridized carbons (Fsp3) is 0.391. The van der Waals surface area contributed by atoms with Crippen LogP contribution in [0.1, 0.15) is 51.4 Å². The highest BCUT2D eigenvalue weighted by atomic mass is 32.1.